The summed E-state index contributed by atoms with van der Waals surface area (Å²) in [7, 11) is 0. The van der Waals surface area contributed by atoms with Crippen LogP contribution in [-0.4, -0.2) is 15.0 Å². The van der Waals surface area contributed by atoms with Crippen LogP contribution in [0.1, 0.15) is 5.69 Å². The van der Waals surface area contributed by atoms with Crippen LogP contribution < -0.4 is 5.73 Å². The van der Waals surface area contributed by atoms with Crippen molar-refractivity contribution < 1.29 is 0 Å². The lowest BCUT2D eigenvalue weighted by Gasteiger charge is -2.05. The number of aryl methyl sites for hydroxylation is 1. The minimum Gasteiger partial charge on any atom is -0.397 e. The van der Waals surface area contributed by atoms with E-state index in [0.29, 0.717) is 5.69 Å². The van der Waals surface area contributed by atoms with E-state index in [2.05, 4.69) is 21.0 Å². The number of hydrogen-bond donors (Lipinski definition) is 1. The van der Waals surface area contributed by atoms with Crippen LogP contribution in [0.15, 0.2) is 43.0 Å². The predicted octanol–water partition coefficient (Wildman–Crippen LogP) is 2.58. The molecule has 0 aliphatic carbocycles. The maximum atomic E-state index is 5.75. The molecule has 0 aliphatic rings. The van der Waals surface area contributed by atoms with Crippen molar-refractivity contribution in [1.82, 2.24) is 15.0 Å². The molecule has 2 N–H and O–H groups in total. The van der Waals surface area contributed by atoms with Gasteiger partial charge >= 0.3 is 0 Å². The molecule has 0 atom stereocenters. The van der Waals surface area contributed by atoms with Crippen molar-refractivity contribution >= 4 is 16.6 Å². The number of nitrogens with zero attached hydrogens (tertiary/aromatic N) is 3. The summed E-state index contributed by atoms with van der Waals surface area (Å²) in [5.41, 5.74) is 10.4. The zero-order valence-corrected chi connectivity index (χ0v) is 9.96. The molecule has 0 saturated carbocycles. The first-order chi connectivity index (χ1) is 8.74. The fraction of sp³-hybridized carbons (Fsp3) is 0.0714. The van der Waals surface area contributed by atoms with Gasteiger partial charge in [0, 0.05) is 29.0 Å². The van der Waals surface area contributed by atoms with Crippen molar-refractivity contribution in [3.8, 4) is 11.1 Å². The molecule has 0 bridgehead atoms. The number of nitrogens with two attached hydrogens (primary N) is 1. The summed E-state index contributed by atoms with van der Waals surface area (Å²) in [6, 6.07) is 7.99. The van der Waals surface area contributed by atoms with Crippen LogP contribution in [0, 0.1) is 6.92 Å². The zero-order chi connectivity index (χ0) is 12.5. The Bertz CT molecular complexity index is 722. The third-order valence-electron chi connectivity index (χ3n) is 2.93. The van der Waals surface area contributed by atoms with Gasteiger partial charge < -0.3 is 5.73 Å². The van der Waals surface area contributed by atoms with Gasteiger partial charge in [-0.15, -0.1) is 0 Å². The number of pyridine rings is 1. The quantitative estimate of drug-likeness (QED) is 0.705. The molecule has 4 heteroatoms. The van der Waals surface area contributed by atoms with E-state index >= 15 is 0 Å². The number of benzene rings is 1. The van der Waals surface area contributed by atoms with E-state index in [4.69, 9.17) is 5.73 Å². The van der Waals surface area contributed by atoms with E-state index in [0.717, 1.165) is 27.7 Å². The van der Waals surface area contributed by atoms with Gasteiger partial charge in [0.05, 0.1) is 11.2 Å². The van der Waals surface area contributed by atoms with Gasteiger partial charge in [-0.1, -0.05) is 6.07 Å². The van der Waals surface area contributed by atoms with Crippen LogP contribution in [0.25, 0.3) is 22.0 Å². The van der Waals surface area contributed by atoms with E-state index in [-0.39, 0.29) is 0 Å². The Labute approximate surface area is 105 Å². The summed E-state index contributed by atoms with van der Waals surface area (Å²) in [5, 5.41) is 1.05. The molecule has 0 unspecified atom stereocenters. The molecule has 0 saturated heterocycles. The van der Waals surface area contributed by atoms with Gasteiger partial charge in [0.1, 0.15) is 6.33 Å². The van der Waals surface area contributed by atoms with E-state index in [1.165, 1.54) is 0 Å². The maximum absolute atomic E-state index is 5.75. The minimum absolute atomic E-state index is 0.661. The first kappa shape index (κ1) is 10.7. The monoisotopic (exact) mass is 236 g/mol. The molecule has 3 rings (SSSR count). The second-order valence-corrected chi connectivity index (χ2v) is 4.20. The van der Waals surface area contributed by atoms with Gasteiger partial charge in [-0.2, -0.15) is 0 Å². The summed E-state index contributed by atoms with van der Waals surface area (Å²) >= 11 is 0. The third-order valence-corrected chi connectivity index (χ3v) is 2.93. The molecule has 0 fully saturated rings. The molecule has 4 nitrogen and oxygen atoms in total. The Morgan fingerprint density at radius 2 is 1.89 bits per heavy atom. The molecule has 0 radical (unpaired) electrons. The average Bonchev–Trinajstić information content (AvgIpc) is 2.39. The minimum atomic E-state index is 0.661. The lowest BCUT2D eigenvalue weighted by atomic mass is 10.0. The highest BCUT2D eigenvalue weighted by Crippen LogP contribution is 2.25. The van der Waals surface area contributed by atoms with Crippen LogP contribution >= 0.6 is 0 Å². The fourth-order valence-corrected chi connectivity index (χ4v) is 1.98. The van der Waals surface area contributed by atoms with E-state index in [1.807, 2.05) is 25.1 Å². The van der Waals surface area contributed by atoms with E-state index in [9.17, 15) is 0 Å². The van der Waals surface area contributed by atoms with E-state index in [1.54, 1.807) is 18.7 Å². The molecule has 1 aromatic carbocycles. The third kappa shape index (κ3) is 1.78. The molecule has 18 heavy (non-hydrogen) atoms. The lowest BCUT2D eigenvalue weighted by Crippen LogP contribution is -1.90. The number of nitrogen functional groups attached to an aromatic ring is 1. The number of aromatic nitrogens is 3. The van der Waals surface area contributed by atoms with Gasteiger partial charge in [0.15, 0.2) is 0 Å². The number of hydrogen-bond acceptors (Lipinski definition) is 4. The molecule has 0 amide bonds. The van der Waals surface area contributed by atoms with Crippen LogP contribution in [0.2, 0.25) is 0 Å². The second kappa shape index (κ2) is 4.07. The maximum Gasteiger partial charge on any atom is 0.116 e. The Hall–Kier alpha value is -2.49. The van der Waals surface area contributed by atoms with Crippen LogP contribution in [0.5, 0.6) is 0 Å². The molecule has 0 spiro atoms. The fourth-order valence-electron chi connectivity index (χ4n) is 1.98. The van der Waals surface area contributed by atoms with Crippen LogP contribution in [0.4, 0.5) is 5.69 Å². The topological polar surface area (TPSA) is 64.7 Å². The zero-order valence-electron chi connectivity index (χ0n) is 9.96. The van der Waals surface area contributed by atoms with Crippen molar-refractivity contribution in [2.24, 2.45) is 0 Å². The highest BCUT2D eigenvalue weighted by atomic mass is 14.8. The summed E-state index contributed by atoms with van der Waals surface area (Å²) in [6.45, 7) is 1.98. The number of anilines is 1. The molecule has 0 aliphatic heterocycles. The molecule has 3 aromatic rings. The Kier molecular flexibility index (Phi) is 2.41. The summed E-state index contributed by atoms with van der Waals surface area (Å²) in [4.78, 5) is 12.6. The largest absolute Gasteiger partial charge is 0.397 e. The number of fused-ring (bicyclic) bond motifs is 1. The van der Waals surface area contributed by atoms with Gasteiger partial charge in [0.2, 0.25) is 0 Å². The SMILES string of the molecule is Cc1ncnc2ccc(-c3cncc(N)c3)cc12. The van der Waals surface area contributed by atoms with Crippen LogP contribution in [-0.2, 0) is 0 Å². The average molecular weight is 236 g/mol. The molecular formula is C14H12N4. The summed E-state index contributed by atoms with van der Waals surface area (Å²) < 4.78 is 0. The highest BCUT2D eigenvalue weighted by Gasteiger charge is 2.03. The first-order valence-electron chi connectivity index (χ1n) is 5.66. The second-order valence-electron chi connectivity index (χ2n) is 4.20. The summed E-state index contributed by atoms with van der Waals surface area (Å²) in [6.07, 6.45) is 5.02. The normalized spacial score (nSPS) is 10.7. The van der Waals surface area contributed by atoms with Gasteiger partial charge in [-0.25, -0.2) is 9.97 Å². The Balaban J connectivity index is 2.22. The molecular weight excluding hydrogens is 224 g/mol. The van der Waals surface area contributed by atoms with Crippen molar-refractivity contribution in [3.05, 3.63) is 48.7 Å². The van der Waals surface area contributed by atoms with Crippen molar-refractivity contribution in [1.29, 1.82) is 0 Å². The highest BCUT2D eigenvalue weighted by molar-refractivity contribution is 5.86. The van der Waals surface area contributed by atoms with Crippen molar-refractivity contribution in [2.75, 3.05) is 5.73 Å². The molecule has 2 aromatic heterocycles. The molecule has 2 heterocycles. The molecule has 88 valence electrons. The van der Waals surface area contributed by atoms with Gasteiger partial charge in [-0.05, 0) is 30.7 Å². The lowest BCUT2D eigenvalue weighted by molar-refractivity contribution is 1.15. The number of rotatable bonds is 1. The standard InChI is InChI=1S/C14H12N4/c1-9-13-5-10(2-3-14(13)18-8-17-9)11-4-12(15)7-16-6-11/h2-8H,15H2,1H3. The Morgan fingerprint density at radius 3 is 2.72 bits per heavy atom. The van der Waals surface area contributed by atoms with Crippen molar-refractivity contribution in [2.45, 2.75) is 6.92 Å². The van der Waals surface area contributed by atoms with Crippen LogP contribution in [0.3, 0.4) is 0 Å². The summed E-state index contributed by atoms with van der Waals surface area (Å²) in [5.74, 6) is 0. The van der Waals surface area contributed by atoms with E-state index < -0.39 is 0 Å². The van der Waals surface area contributed by atoms with Crippen molar-refractivity contribution in [3.63, 3.8) is 0 Å². The predicted molar refractivity (Wildman–Crippen MR) is 71.9 cm³/mol. The Morgan fingerprint density at radius 1 is 1.00 bits per heavy atom. The first-order valence-corrected chi connectivity index (χ1v) is 5.66. The van der Waals surface area contributed by atoms with Gasteiger partial charge in [0.25, 0.3) is 0 Å². The smallest absolute Gasteiger partial charge is 0.116 e. The van der Waals surface area contributed by atoms with Gasteiger partial charge in [-0.3, -0.25) is 4.98 Å².